The van der Waals surface area contributed by atoms with Crippen molar-refractivity contribution < 1.29 is 19.4 Å². The topological polar surface area (TPSA) is 67.8 Å². The van der Waals surface area contributed by atoms with Crippen molar-refractivity contribution in [1.82, 2.24) is 0 Å². The first kappa shape index (κ1) is 13.4. The van der Waals surface area contributed by atoms with Gasteiger partial charge in [-0.3, -0.25) is 4.79 Å². The molecule has 1 atom stereocenters. The Morgan fingerprint density at radius 1 is 1.35 bits per heavy atom. The smallest absolute Gasteiger partial charge is 0.325 e. The van der Waals surface area contributed by atoms with E-state index >= 15 is 0 Å². The van der Waals surface area contributed by atoms with Gasteiger partial charge in [0, 0.05) is 12.1 Å². The van der Waals surface area contributed by atoms with Crippen LogP contribution in [0.15, 0.2) is 12.1 Å². The lowest BCUT2D eigenvalue weighted by atomic mass is 10.2. The number of ether oxygens (including phenoxy) is 2. The predicted octanol–water partition coefficient (Wildman–Crippen LogP) is 2.24. The molecule has 5 nitrogen and oxygen atoms in total. The van der Waals surface area contributed by atoms with E-state index < -0.39 is 12.0 Å². The maximum Gasteiger partial charge on any atom is 0.325 e. The molecule has 2 N–H and O–H groups in total. The number of rotatable bonds is 5. The van der Waals surface area contributed by atoms with Gasteiger partial charge < -0.3 is 19.9 Å². The van der Waals surface area contributed by atoms with Gasteiger partial charge in [-0.25, -0.2) is 0 Å². The second kappa shape index (κ2) is 5.63. The van der Waals surface area contributed by atoms with E-state index in [-0.39, 0.29) is 0 Å². The predicted molar refractivity (Wildman–Crippen MR) is 65.3 cm³/mol. The second-order valence-corrected chi connectivity index (χ2v) is 3.80. The second-order valence-electron chi connectivity index (χ2n) is 3.39. The fourth-order valence-electron chi connectivity index (χ4n) is 1.26. The van der Waals surface area contributed by atoms with Crippen LogP contribution >= 0.6 is 11.6 Å². The molecule has 0 spiro atoms. The lowest BCUT2D eigenvalue weighted by Crippen LogP contribution is -2.25. The molecule has 0 aliphatic carbocycles. The van der Waals surface area contributed by atoms with Crippen molar-refractivity contribution in [3.63, 3.8) is 0 Å². The van der Waals surface area contributed by atoms with Gasteiger partial charge in [-0.05, 0) is 6.92 Å². The molecular formula is C11H14ClNO4. The van der Waals surface area contributed by atoms with Crippen molar-refractivity contribution in [2.75, 3.05) is 19.5 Å². The van der Waals surface area contributed by atoms with Crippen LogP contribution in [0.5, 0.6) is 11.5 Å². The SMILES string of the molecule is COc1cc(Cl)c(NC(C)C(=O)O)cc1OC. The Morgan fingerprint density at radius 3 is 2.35 bits per heavy atom. The first-order valence-corrected chi connectivity index (χ1v) is 5.28. The number of carbonyl (C=O) groups is 1. The summed E-state index contributed by atoms with van der Waals surface area (Å²) in [5, 5.41) is 11.9. The number of benzene rings is 1. The lowest BCUT2D eigenvalue weighted by molar-refractivity contribution is -0.137. The number of aliphatic carboxylic acids is 1. The van der Waals surface area contributed by atoms with Crippen LogP contribution in [-0.2, 0) is 4.79 Å². The van der Waals surface area contributed by atoms with Gasteiger partial charge in [-0.1, -0.05) is 11.6 Å². The Hall–Kier alpha value is -1.62. The third-order valence-electron chi connectivity index (χ3n) is 2.22. The normalized spacial score (nSPS) is 11.8. The van der Waals surface area contributed by atoms with E-state index in [2.05, 4.69) is 5.32 Å². The standard InChI is InChI=1S/C11H14ClNO4/c1-6(11(14)15)13-8-5-10(17-3)9(16-2)4-7(8)12/h4-6,13H,1-3H3,(H,14,15). The van der Waals surface area contributed by atoms with Crippen molar-refractivity contribution in [2.45, 2.75) is 13.0 Å². The van der Waals surface area contributed by atoms with Crippen LogP contribution in [0.4, 0.5) is 5.69 Å². The number of carboxylic acids is 1. The van der Waals surface area contributed by atoms with Gasteiger partial charge in [-0.15, -0.1) is 0 Å². The summed E-state index contributed by atoms with van der Waals surface area (Å²) in [6, 6.07) is 2.42. The molecule has 0 bridgehead atoms. The fraction of sp³-hybridized carbons (Fsp3) is 0.364. The molecule has 0 saturated carbocycles. The maximum absolute atomic E-state index is 10.7. The zero-order valence-electron chi connectivity index (χ0n) is 9.78. The van der Waals surface area contributed by atoms with Crippen LogP contribution in [0.3, 0.4) is 0 Å². The number of carboxylic acid groups (broad SMARTS) is 1. The minimum atomic E-state index is -0.962. The molecule has 6 heteroatoms. The number of nitrogens with one attached hydrogen (secondary N) is 1. The van der Waals surface area contributed by atoms with Crippen LogP contribution in [0.1, 0.15) is 6.92 Å². The summed E-state index contributed by atoms with van der Waals surface area (Å²) in [7, 11) is 3.00. The number of hydrogen-bond donors (Lipinski definition) is 2. The summed E-state index contributed by atoms with van der Waals surface area (Å²) >= 11 is 5.99. The van der Waals surface area contributed by atoms with Gasteiger partial charge >= 0.3 is 5.97 Å². The molecule has 94 valence electrons. The van der Waals surface area contributed by atoms with Crippen molar-refractivity contribution in [3.05, 3.63) is 17.2 Å². The molecule has 1 aromatic carbocycles. The molecule has 17 heavy (non-hydrogen) atoms. The zero-order chi connectivity index (χ0) is 13.0. The Bertz CT molecular complexity index is 422. The van der Waals surface area contributed by atoms with Gasteiger partial charge in [0.2, 0.25) is 0 Å². The summed E-state index contributed by atoms with van der Waals surface area (Å²) in [6.45, 7) is 1.52. The quantitative estimate of drug-likeness (QED) is 0.849. The number of methoxy groups -OCH3 is 2. The molecule has 0 aliphatic rings. The Morgan fingerprint density at radius 2 is 1.88 bits per heavy atom. The molecule has 0 saturated heterocycles. The maximum atomic E-state index is 10.7. The van der Waals surface area contributed by atoms with Crippen molar-refractivity contribution in [3.8, 4) is 11.5 Å². The molecule has 1 rings (SSSR count). The Balaban J connectivity index is 3.04. The molecule has 0 aliphatic heterocycles. The van der Waals surface area contributed by atoms with E-state index in [9.17, 15) is 4.79 Å². The van der Waals surface area contributed by atoms with Crippen molar-refractivity contribution in [2.24, 2.45) is 0 Å². The number of anilines is 1. The molecular weight excluding hydrogens is 246 g/mol. The lowest BCUT2D eigenvalue weighted by Gasteiger charge is -2.15. The Kier molecular flexibility index (Phi) is 4.45. The van der Waals surface area contributed by atoms with E-state index in [0.717, 1.165) is 0 Å². The summed E-state index contributed by atoms with van der Waals surface area (Å²) in [5.74, 6) is 0.0128. The molecule has 0 radical (unpaired) electrons. The number of halogens is 1. The van der Waals surface area contributed by atoms with Crippen molar-refractivity contribution >= 4 is 23.3 Å². The largest absolute Gasteiger partial charge is 0.493 e. The highest BCUT2D eigenvalue weighted by Crippen LogP contribution is 2.36. The van der Waals surface area contributed by atoms with Gasteiger partial charge in [-0.2, -0.15) is 0 Å². The van der Waals surface area contributed by atoms with Gasteiger partial charge in [0.25, 0.3) is 0 Å². The third-order valence-corrected chi connectivity index (χ3v) is 2.53. The minimum absolute atomic E-state index is 0.371. The highest BCUT2D eigenvalue weighted by atomic mass is 35.5. The molecule has 0 amide bonds. The Labute approximate surface area is 104 Å². The monoisotopic (exact) mass is 259 g/mol. The molecule has 0 aromatic heterocycles. The van der Waals surface area contributed by atoms with E-state index in [4.69, 9.17) is 26.2 Å². The zero-order valence-corrected chi connectivity index (χ0v) is 10.5. The summed E-state index contributed by atoms with van der Waals surface area (Å²) in [6.07, 6.45) is 0. The van der Waals surface area contributed by atoms with Crippen LogP contribution in [0.25, 0.3) is 0 Å². The van der Waals surface area contributed by atoms with Crippen LogP contribution in [-0.4, -0.2) is 31.3 Å². The molecule has 0 heterocycles. The first-order chi connectivity index (χ1) is 7.99. The van der Waals surface area contributed by atoms with Crippen LogP contribution in [0, 0.1) is 0 Å². The highest BCUT2D eigenvalue weighted by molar-refractivity contribution is 6.33. The van der Waals surface area contributed by atoms with E-state index in [0.29, 0.717) is 22.2 Å². The third kappa shape index (κ3) is 3.17. The van der Waals surface area contributed by atoms with E-state index in [1.165, 1.54) is 21.1 Å². The molecule has 1 unspecified atom stereocenters. The number of hydrogen-bond acceptors (Lipinski definition) is 4. The molecule has 0 fully saturated rings. The highest BCUT2D eigenvalue weighted by Gasteiger charge is 2.15. The fourth-order valence-corrected chi connectivity index (χ4v) is 1.47. The van der Waals surface area contributed by atoms with E-state index in [1.54, 1.807) is 12.1 Å². The molecule has 1 aromatic rings. The van der Waals surface area contributed by atoms with Crippen LogP contribution in [0.2, 0.25) is 5.02 Å². The van der Waals surface area contributed by atoms with Gasteiger partial charge in [0.15, 0.2) is 11.5 Å². The first-order valence-electron chi connectivity index (χ1n) is 4.90. The van der Waals surface area contributed by atoms with E-state index in [1.807, 2.05) is 0 Å². The minimum Gasteiger partial charge on any atom is -0.493 e. The average molecular weight is 260 g/mol. The van der Waals surface area contributed by atoms with Gasteiger partial charge in [0.1, 0.15) is 6.04 Å². The van der Waals surface area contributed by atoms with Gasteiger partial charge in [0.05, 0.1) is 24.9 Å². The average Bonchev–Trinajstić information content (AvgIpc) is 2.30. The summed E-state index contributed by atoms with van der Waals surface area (Å²) in [5.41, 5.74) is 0.485. The summed E-state index contributed by atoms with van der Waals surface area (Å²) < 4.78 is 10.2. The summed E-state index contributed by atoms with van der Waals surface area (Å²) in [4.78, 5) is 10.7. The van der Waals surface area contributed by atoms with Crippen LogP contribution < -0.4 is 14.8 Å². The van der Waals surface area contributed by atoms with Crippen molar-refractivity contribution in [1.29, 1.82) is 0 Å².